The molecule has 8 heteroatoms. The van der Waals surface area contributed by atoms with Crippen LogP contribution in [-0.4, -0.2) is 23.3 Å². The average Bonchev–Trinajstić information content (AvgIpc) is 2.89. The Kier molecular flexibility index (Phi) is 5.46. The van der Waals surface area contributed by atoms with Gasteiger partial charge in [0.15, 0.2) is 0 Å². The monoisotopic (exact) mass is 442 g/mol. The van der Waals surface area contributed by atoms with Crippen LogP contribution in [0.5, 0.6) is 0 Å². The molecule has 0 aliphatic carbocycles. The first-order chi connectivity index (χ1) is 15.1. The predicted molar refractivity (Wildman–Crippen MR) is 111 cm³/mol. The third kappa shape index (κ3) is 4.21. The van der Waals surface area contributed by atoms with Crippen molar-refractivity contribution in [3.63, 3.8) is 0 Å². The van der Waals surface area contributed by atoms with Gasteiger partial charge in [0.05, 0.1) is 11.6 Å². The van der Waals surface area contributed by atoms with Crippen LogP contribution in [0.2, 0.25) is 0 Å². The fourth-order valence-corrected chi connectivity index (χ4v) is 3.81. The minimum Gasteiger partial charge on any atom is -0.324 e. The molecule has 0 bridgehead atoms. The van der Waals surface area contributed by atoms with E-state index in [2.05, 4.69) is 5.32 Å². The number of alkyl halides is 3. The lowest BCUT2D eigenvalue weighted by molar-refractivity contribution is -0.137. The highest BCUT2D eigenvalue weighted by atomic mass is 19.4. The first-order valence-electron chi connectivity index (χ1n) is 9.77. The minimum absolute atomic E-state index is 0.198. The molecule has 4 nitrogen and oxygen atoms in total. The van der Waals surface area contributed by atoms with Crippen LogP contribution in [0, 0.1) is 12.7 Å². The lowest BCUT2D eigenvalue weighted by atomic mass is 9.94. The molecule has 32 heavy (non-hydrogen) atoms. The second kappa shape index (κ2) is 8.11. The molecular weight excluding hydrogens is 424 g/mol. The molecule has 1 N–H and O–H groups in total. The van der Waals surface area contributed by atoms with Crippen molar-refractivity contribution >= 4 is 17.5 Å². The number of fused-ring (bicyclic) bond motifs is 1. The number of anilines is 1. The van der Waals surface area contributed by atoms with Crippen molar-refractivity contribution in [2.45, 2.75) is 19.1 Å². The number of carbonyl (C=O) groups excluding carboxylic acids is 2. The lowest BCUT2D eigenvalue weighted by Gasteiger charge is -2.31. The molecule has 3 aromatic rings. The summed E-state index contributed by atoms with van der Waals surface area (Å²) in [5.74, 6) is -1.70. The molecule has 3 aromatic carbocycles. The van der Waals surface area contributed by atoms with E-state index >= 15 is 0 Å². The number of benzene rings is 3. The van der Waals surface area contributed by atoms with E-state index in [-0.39, 0.29) is 12.1 Å². The van der Waals surface area contributed by atoms with E-state index < -0.39 is 35.4 Å². The van der Waals surface area contributed by atoms with Crippen LogP contribution in [0.15, 0.2) is 66.7 Å². The van der Waals surface area contributed by atoms with Crippen molar-refractivity contribution in [2.75, 3.05) is 11.9 Å². The Bertz CT molecular complexity index is 1190. The van der Waals surface area contributed by atoms with E-state index in [9.17, 15) is 27.2 Å². The number of halogens is 4. The van der Waals surface area contributed by atoms with Crippen molar-refractivity contribution in [1.29, 1.82) is 0 Å². The second-order valence-corrected chi connectivity index (χ2v) is 7.60. The van der Waals surface area contributed by atoms with E-state index in [0.717, 1.165) is 23.8 Å². The van der Waals surface area contributed by atoms with E-state index in [1.54, 1.807) is 18.2 Å². The van der Waals surface area contributed by atoms with E-state index in [4.69, 9.17) is 0 Å². The van der Waals surface area contributed by atoms with Crippen molar-refractivity contribution in [3.05, 3.63) is 100 Å². The summed E-state index contributed by atoms with van der Waals surface area (Å²) in [4.78, 5) is 27.2. The van der Waals surface area contributed by atoms with Crippen LogP contribution in [0.1, 0.15) is 38.7 Å². The topological polar surface area (TPSA) is 49.4 Å². The number of carbonyl (C=O) groups is 2. The summed E-state index contributed by atoms with van der Waals surface area (Å²) in [7, 11) is 0. The van der Waals surface area contributed by atoms with Crippen LogP contribution in [-0.2, 0) is 11.0 Å². The third-order valence-electron chi connectivity index (χ3n) is 5.28. The van der Waals surface area contributed by atoms with Crippen LogP contribution >= 0.6 is 0 Å². The van der Waals surface area contributed by atoms with E-state index in [0.29, 0.717) is 16.8 Å². The zero-order valence-electron chi connectivity index (χ0n) is 16.9. The van der Waals surface area contributed by atoms with Crippen LogP contribution < -0.4 is 5.32 Å². The molecule has 0 aromatic heterocycles. The molecule has 0 saturated carbocycles. The molecule has 2 amide bonds. The normalized spacial score (nSPS) is 16.2. The van der Waals surface area contributed by atoms with Gasteiger partial charge in [0.1, 0.15) is 12.4 Å². The SMILES string of the molecule is Cc1ccc2c(c1)[C@@H](c1ccc(F)cc1)N(C(=O)c1cccc(C(F)(F)F)c1)CC(=O)N2. The number of nitrogens with one attached hydrogen (secondary N) is 1. The standard InChI is InChI=1S/C24H18F4N2O2/c1-14-5-10-20-19(11-14)22(15-6-8-18(25)9-7-15)30(13-21(31)29-20)23(32)16-3-2-4-17(12-16)24(26,27)28/h2-12,22H,13H2,1H3,(H,29,31)/t22-/m1/s1. The number of rotatable bonds is 2. The van der Waals surface area contributed by atoms with E-state index in [1.165, 1.54) is 35.2 Å². The van der Waals surface area contributed by atoms with Gasteiger partial charge in [-0.05, 0) is 48.9 Å². The number of hydrogen-bond donors (Lipinski definition) is 1. The fourth-order valence-electron chi connectivity index (χ4n) is 3.81. The zero-order valence-corrected chi connectivity index (χ0v) is 16.9. The average molecular weight is 442 g/mol. The third-order valence-corrected chi connectivity index (χ3v) is 5.28. The minimum atomic E-state index is -4.62. The van der Waals surface area contributed by atoms with E-state index in [1.807, 2.05) is 6.92 Å². The quantitative estimate of drug-likeness (QED) is 0.545. The zero-order chi connectivity index (χ0) is 23.0. The van der Waals surface area contributed by atoms with Gasteiger partial charge in [0, 0.05) is 16.8 Å². The summed E-state index contributed by atoms with van der Waals surface area (Å²) < 4.78 is 53.2. The first kappa shape index (κ1) is 21.5. The first-order valence-corrected chi connectivity index (χ1v) is 9.77. The highest BCUT2D eigenvalue weighted by Gasteiger charge is 2.36. The molecule has 0 spiro atoms. The maximum Gasteiger partial charge on any atom is 0.416 e. The van der Waals surface area contributed by atoms with Gasteiger partial charge in [0.2, 0.25) is 5.91 Å². The summed E-state index contributed by atoms with van der Waals surface area (Å²) in [5.41, 5.74) is 1.29. The Hall–Kier alpha value is -3.68. The summed E-state index contributed by atoms with van der Waals surface area (Å²) in [5, 5.41) is 2.75. The molecule has 1 aliphatic heterocycles. The molecule has 1 aliphatic rings. The number of hydrogen-bond acceptors (Lipinski definition) is 2. The second-order valence-electron chi connectivity index (χ2n) is 7.60. The van der Waals surface area contributed by atoms with Gasteiger partial charge in [0.25, 0.3) is 5.91 Å². The van der Waals surface area contributed by atoms with Crippen molar-refractivity contribution < 1.29 is 27.2 Å². The fraction of sp³-hybridized carbons (Fsp3) is 0.167. The van der Waals surface area contributed by atoms with Gasteiger partial charge in [-0.25, -0.2) is 4.39 Å². The summed E-state index contributed by atoms with van der Waals surface area (Å²) >= 11 is 0. The van der Waals surface area contributed by atoms with Gasteiger partial charge < -0.3 is 10.2 Å². The summed E-state index contributed by atoms with van der Waals surface area (Å²) in [6.07, 6.45) is -4.62. The predicted octanol–water partition coefficient (Wildman–Crippen LogP) is 5.34. The largest absolute Gasteiger partial charge is 0.416 e. The molecule has 0 fully saturated rings. The Morgan fingerprint density at radius 1 is 1.03 bits per heavy atom. The van der Waals surface area contributed by atoms with Crippen LogP contribution in [0.4, 0.5) is 23.2 Å². The molecule has 4 rings (SSSR count). The smallest absolute Gasteiger partial charge is 0.324 e. The Labute approximate surface area is 181 Å². The van der Waals surface area contributed by atoms with Gasteiger partial charge in [-0.1, -0.05) is 35.9 Å². The molecular formula is C24H18F4N2O2. The van der Waals surface area contributed by atoms with Crippen molar-refractivity contribution in [2.24, 2.45) is 0 Å². The maximum atomic E-state index is 13.6. The Morgan fingerprint density at radius 2 is 1.75 bits per heavy atom. The van der Waals surface area contributed by atoms with Gasteiger partial charge >= 0.3 is 6.18 Å². The number of aryl methyl sites for hydroxylation is 1. The van der Waals surface area contributed by atoms with Gasteiger partial charge in [-0.15, -0.1) is 0 Å². The van der Waals surface area contributed by atoms with Crippen LogP contribution in [0.3, 0.4) is 0 Å². The highest BCUT2D eigenvalue weighted by Crippen LogP contribution is 2.38. The Morgan fingerprint density at radius 3 is 2.44 bits per heavy atom. The molecule has 0 unspecified atom stereocenters. The van der Waals surface area contributed by atoms with Crippen molar-refractivity contribution in [3.8, 4) is 0 Å². The Balaban J connectivity index is 1.87. The van der Waals surface area contributed by atoms with Gasteiger partial charge in [-0.2, -0.15) is 13.2 Å². The molecule has 164 valence electrons. The molecule has 0 saturated heterocycles. The lowest BCUT2D eigenvalue weighted by Crippen LogP contribution is -2.39. The molecule has 1 atom stereocenters. The summed E-state index contributed by atoms with van der Waals surface area (Å²) in [6.45, 7) is 1.46. The summed E-state index contributed by atoms with van der Waals surface area (Å²) in [6, 6.07) is 14.0. The van der Waals surface area contributed by atoms with Crippen LogP contribution in [0.25, 0.3) is 0 Å². The number of amides is 2. The number of nitrogens with zero attached hydrogens (tertiary/aromatic N) is 1. The maximum absolute atomic E-state index is 13.6. The van der Waals surface area contributed by atoms with Gasteiger partial charge in [-0.3, -0.25) is 9.59 Å². The molecule has 0 radical (unpaired) electrons. The highest BCUT2D eigenvalue weighted by molar-refractivity contribution is 6.01. The molecule has 1 heterocycles. The van der Waals surface area contributed by atoms with Crippen molar-refractivity contribution in [1.82, 2.24) is 4.90 Å².